The normalized spacial score (nSPS) is 22.6. The maximum atomic E-state index is 5.54. The number of hydrogen-bond donors (Lipinski definition) is 2. The van der Waals surface area contributed by atoms with E-state index in [1.807, 2.05) is 6.07 Å². The Morgan fingerprint density at radius 2 is 2.29 bits per heavy atom. The number of nitrogens with two attached hydrogens (primary N) is 1. The number of anilines is 2. The van der Waals surface area contributed by atoms with E-state index in [9.17, 15) is 0 Å². The van der Waals surface area contributed by atoms with Crippen LogP contribution in [0.1, 0.15) is 0 Å². The van der Waals surface area contributed by atoms with Crippen molar-refractivity contribution in [3.05, 3.63) is 12.3 Å². The molecule has 0 spiro atoms. The van der Waals surface area contributed by atoms with E-state index in [1.54, 1.807) is 6.20 Å². The van der Waals surface area contributed by atoms with E-state index in [0.29, 0.717) is 12.0 Å². The zero-order chi connectivity index (χ0) is 12.3. The second-order valence-corrected chi connectivity index (χ2v) is 4.58. The Morgan fingerprint density at radius 1 is 1.47 bits per heavy atom. The van der Waals surface area contributed by atoms with Crippen molar-refractivity contribution < 1.29 is 0 Å². The Kier molecular flexibility index (Phi) is 3.75. The second-order valence-electron chi connectivity index (χ2n) is 4.58. The highest BCUT2D eigenvalue weighted by Crippen LogP contribution is 2.08. The van der Waals surface area contributed by atoms with Gasteiger partial charge in [0.15, 0.2) is 0 Å². The first-order valence-electron chi connectivity index (χ1n) is 5.86. The van der Waals surface area contributed by atoms with Crippen LogP contribution in [0.15, 0.2) is 12.3 Å². The summed E-state index contributed by atoms with van der Waals surface area (Å²) in [6.07, 6.45) is 1.67. The Bertz CT molecular complexity index is 369. The fourth-order valence-electron chi connectivity index (χ4n) is 2.02. The average molecular weight is 236 g/mol. The summed E-state index contributed by atoms with van der Waals surface area (Å²) < 4.78 is 0. The molecule has 3 N–H and O–H groups in total. The molecular formula is C11H20N6. The Balaban J connectivity index is 1.88. The van der Waals surface area contributed by atoms with E-state index < -0.39 is 0 Å². The molecule has 1 unspecified atom stereocenters. The molecule has 1 aliphatic heterocycles. The van der Waals surface area contributed by atoms with E-state index in [-0.39, 0.29) is 0 Å². The fourth-order valence-corrected chi connectivity index (χ4v) is 2.02. The van der Waals surface area contributed by atoms with Gasteiger partial charge in [0.1, 0.15) is 5.82 Å². The van der Waals surface area contributed by atoms with E-state index in [1.165, 1.54) is 0 Å². The van der Waals surface area contributed by atoms with Crippen molar-refractivity contribution in [2.75, 3.05) is 51.3 Å². The van der Waals surface area contributed by atoms with Gasteiger partial charge < -0.3 is 16.0 Å². The molecule has 94 valence electrons. The predicted octanol–water partition coefficient (Wildman–Crippen LogP) is -0.283. The van der Waals surface area contributed by atoms with Gasteiger partial charge in [0.05, 0.1) is 0 Å². The third-order valence-corrected chi connectivity index (χ3v) is 3.17. The maximum absolute atomic E-state index is 5.54. The third kappa shape index (κ3) is 3.28. The van der Waals surface area contributed by atoms with Crippen LogP contribution < -0.4 is 11.1 Å². The van der Waals surface area contributed by atoms with E-state index in [4.69, 9.17) is 5.73 Å². The third-order valence-electron chi connectivity index (χ3n) is 3.17. The van der Waals surface area contributed by atoms with Crippen molar-refractivity contribution >= 4 is 11.8 Å². The molecule has 0 saturated carbocycles. The van der Waals surface area contributed by atoms with Crippen molar-refractivity contribution in [2.45, 2.75) is 6.04 Å². The lowest BCUT2D eigenvalue weighted by Crippen LogP contribution is -2.52. The summed E-state index contributed by atoms with van der Waals surface area (Å²) in [6, 6.07) is 2.34. The van der Waals surface area contributed by atoms with Gasteiger partial charge in [-0.25, -0.2) is 4.98 Å². The summed E-state index contributed by atoms with van der Waals surface area (Å²) in [4.78, 5) is 12.7. The zero-order valence-corrected chi connectivity index (χ0v) is 10.4. The lowest BCUT2D eigenvalue weighted by Gasteiger charge is -2.37. The molecule has 1 aromatic rings. The Labute approximate surface area is 102 Å². The SMILES string of the molecule is CN1CCN(C)C(CNc2ccnc(N)n2)C1. The van der Waals surface area contributed by atoms with Crippen molar-refractivity contribution in [2.24, 2.45) is 0 Å². The monoisotopic (exact) mass is 236 g/mol. The number of nitrogens with zero attached hydrogens (tertiary/aromatic N) is 4. The largest absolute Gasteiger partial charge is 0.368 e. The van der Waals surface area contributed by atoms with Crippen molar-refractivity contribution in [1.29, 1.82) is 0 Å². The summed E-state index contributed by atoms with van der Waals surface area (Å²) in [5.74, 6) is 1.10. The number of nitrogens with one attached hydrogen (secondary N) is 1. The minimum atomic E-state index is 0.309. The minimum absolute atomic E-state index is 0.309. The molecule has 17 heavy (non-hydrogen) atoms. The van der Waals surface area contributed by atoms with Crippen LogP contribution in [0.25, 0.3) is 0 Å². The van der Waals surface area contributed by atoms with Crippen LogP contribution in [0.4, 0.5) is 11.8 Å². The smallest absolute Gasteiger partial charge is 0.221 e. The molecule has 0 amide bonds. The van der Waals surface area contributed by atoms with Crippen LogP contribution in [-0.2, 0) is 0 Å². The minimum Gasteiger partial charge on any atom is -0.368 e. The van der Waals surface area contributed by atoms with Gasteiger partial charge in [0.2, 0.25) is 5.95 Å². The standard InChI is InChI=1S/C11H20N6/c1-16-5-6-17(2)9(8-16)7-14-10-3-4-13-11(12)15-10/h3-4,9H,5-8H2,1-2H3,(H3,12,13,14,15). The molecule has 2 heterocycles. The van der Waals surface area contributed by atoms with E-state index in [0.717, 1.165) is 32.0 Å². The van der Waals surface area contributed by atoms with Crippen LogP contribution in [-0.4, -0.2) is 66.1 Å². The zero-order valence-electron chi connectivity index (χ0n) is 10.4. The number of hydrogen-bond acceptors (Lipinski definition) is 6. The van der Waals surface area contributed by atoms with Crippen molar-refractivity contribution in [3.63, 3.8) is 0 Å². The van der Waals surface area contributed by atoms with Gasteiger partial charge in [-0.15, -0.1) is 0 Å². The highest BCUT2D eigenvalue weighted by atomic mass is 15.3. The number of aromatic nitrogens is 2. The van der Waals surface area contributed by atoms with Gasteiger partial charge in [-0.1, -0.05) is 0 Å². The molecule has 0 aliphatic carbocycles. The average Bonchev–Trinajstić information content (AvgIpc) is 2.30. The van der Waals surface area contributed by atoms with Crippen molar-refractivity contribution in [1.82, 2.24) is 19.8 Å². The first kappa shape index (κ1) is 12.1. The number of rotatable bonds is 3. The quantitative estimate of drug-likeness (QED) is 0.752. The molecule has 1 fully saturated rings. The molecule has 1 aliphatic rings. The van der Waals surface area contributed by atoms with Gasteiger partial charge >= 0.3 is 0 Å². The Hall–Kier alpha value is -1.40. The molecule has 1 saturated heterocycles. The molecule has 6 heteroatoms. The molecule has 0 aromatic carbocycles. The van der Waals surface area contributed by atoms with Gasteiger partial charge in [0, 0.05) is 38.4 Å². The highest BCUT2D eigenvalue weighted by molar-refractivity contribution is 5.37. The fraction of sp³-hybridized carbons (Fsp3) is 0.636. The highest BCUT2D eigenvalue weighted by Gasteiger charge is 2.21. The van der Waals surface area contributed by atoms with E-state index in [2.05, 4.69) is 39.2 Å². The summed E-state index contributed by atoms with van der Waals surface area (Å²) in [6.45, 7) is 4.18. The number of nitrogen functional groups attached to an aromatic ring is 1. The summed E-state index contributed by atoms with van der Waals surface area (Å²) in [5, 5.41) is 3.31. The molecule has 1 aromatic heterocycles. The van der Waals surface area contributed by atoms with Gasteiger partial charge in [-0.2, -0.15) is 4.98 Å². The predicted molar refractivity (Wildman–Crippen MR) is 68.8 cm³/mol. The van der Waals surface area contributed by atoms with Crippen molar-refractivity contribution in [3.8, 4) is 0 Å². The lowest BCUT2D eigenvalue weighted by molar-refractivity contribution is 0.122. The molecule has 0 radical (unpaired) electrons. The van der Waals surface area contributed by atoms with Gasteiger partial charge in [-0.05, 0) is 20.2 Å². The summed E-state index contributed by atoms with van der Waals surface area (Å²) in [7, 11) is 4.32. The molecular weight excluding hydrogens is 216 g/mol. The first-order valence-corrected chi connectivity index (χ1v) is 5.86. The van der Waals surface area contributed by atoms with Crippen LogP contribution in [0.3, 0.4) is 0 Å². The maximum Gasteiger partial charge on any atom is 0.221 e. The van der Waals surface area contributed by atoms with Crippen LogP contribution in [0, 0.1) is 0 Å². The summed E-state index contributed by atoms with van der Waals surface area (Å²) >= 11 is 0. The Morgan fingerprint density at radius 3 is 3.06 bits per heavy atom. The number of piperazine rings is 1. The van der Waals surface area contributed by atoms with Crippen LogP contribution in [0.5, 0.6) is 0 Å². The molecule has 0 bridgehead atoms. The molecule has 2 rings (SSSR count). The first-order chi connectivity index (χ1) is 8.15. The van der Waals surface area contributed by atoms with Crippen LogP contribution >= 0.6 is 0 Å². The second kappa shape index (κ2) is 5.29. The van der Waals surface area contributed by atoms with E-state index >= 15 is 0 Å². The molecule has 1 atom stereocenters. The molecule has 6 nitrogen and oxygen atoms in total. The van der Waals surface area contributed by atoms with Gasteiger partial charge in [0.25, 0.3) is 0 Å². The van der Waals surface area contributed by atoms with Crippen LogP contribution in [0.2, 0.25) is 0 Å². The lowest BCUT2D eigenvalue weighted by atomic mass is 10.2. The number of likely N-dealkylation sites (N-methyl/N-ethyl adjacent to an activating group) is 2. The van der Waals surface area contributed by atoms with Gasteiger partial charge in [-0.3, -0.25) is 4.90 Å². The summed E-state index contributed by atoms with van der Waals surface area (Å²) in [5.41, 5.74) is 5.54. The topological polar surface area (TPSA) is 70.3 Å².